The van der Waals surface area contributed by atoms with E-state index in [1.165, 1.54) is 0 Å². The van der Waals surface area contributed by atoms with Crippen molar-refractivity contribution in [3.63, 3.8) is 0 Å². The van der Waals surface area contributed by atoms with Crippen molar-refractivity contribution in [1.82, 2.24) is 20.2 Å². The van der Waals surface area contributed by atoms with Gasteiger partial charge in [0.25, 0.3) is 0 Å². The fourth-order valence-corrected chi connectivity index (χ4v) is 0.945. The van der Waals surface area contributed by atoms with Gasteiger partial charge < -0.3 is 0 Å². The van der Waals surface area contributed by atoms with E-state index >= 15 is 0 Å². The third kappa shape index (κ3) is 2.02. The fourth-order valence-electron chi connectivity index (χ4n) is 0.945. The van der Waals surface area contributed by atoms with Crippen molar-refractivity contribution in [2.75, 3.05) is 0 Å². The number of H-pyrrole nitrogens is 1. The summed E-state index contributed by atoms with van der Waals surface area (Å²) < 4.78 is 0. The summed E-state index contributed by atoms with van der Waals surface area (Å²) in [6.45, 7) is 6.03. The van der Waals surface area contributed by atoms with Gasteiger partial charge in [-0.25, -0.2) is 9.97 Å². The predicted molar refractivity (Wildman–Crippen MR) is 52.4 cm³/mol. The third-order valence-corrected chi connectivity index (χ3v) is 1.56. The van der Waals surface area contributed by atoms with E-state index in [0.717, 1.165) is 23.3 Å². The van der Waals surface area contributed by atoms with E-state index in [1.807, 2.05) is 20.8 Å². The van der Waals surface area contributed by atoms with Gasteiger partial charge in [0.1, 0.15) is 5.82 Å². The molecule has 0 aromatic carbocycles. The van der Waals surface area contributed by atoms with Gasteiger partial charge in [-0.1, -0.05) is 20.8 Å². The SMILES string of the molecule is CC.CCc1ncc2cn[nH]c2n1. The number of aromatic nitrogens is 4. The van der Waals surface area contributed by atoms with Crippen LogP contribution in [-0.4, -0.2) is 20.2 Å². The minimum absolute atomic E-state index is 0.817. The van der Waals surface area contributed by atoms with Gasteiger partial charge >= 0.3 is 0 Å². The lowest BCUT2D eigenvalue weighted by Crippen LogP contribution is -1.91. The predicted octanol–water partition coefficient (Wildman–Crippen LogP) is 1.94. The number of rotatable bonds is 1. The largest absolute Gasteiger partial charge is 0.261 e. The summed E-state index contributed by atoms with van der Waals surface area (Å²) in [6, 6.07) is 0. The van der Waals surface area contributed by atoms with Gasteiger partial charge in [0.2, 0.25) is 0 Å². The smallest absolute Gasteiger partial charge is 0.158 e. The zero-order valence-corrected chi connectivity index (χ0v) is 8.20. The first kappa shape index (κ1) is 9.64. The molecule has 0 unspecified atom stereocenters. The molecule has 13 heavy (non-hydrogen) atoms. The second-order valence-corrected chi connectivity index (χ2v) is 2.31. The lowest BCUT2D eigenvalue weighted by atomic mass is 10.4. The van der Waals surface area contributed by atoms with Crippen LogP contribution in [0.2, 0.25) is 0 Å². The molecule has 2 aromatic rings. The van der Waals surface area contributed by atoms with Crippen LogP contribution in [0.15, 0.2) is 12.4 Å². The maximum Gasteiger partial charge on any atom is 0.158 e. The number of hydrogen-bond acceptors (Lipinski definition) is 3. The third-order valence-electron chi connectivity index (χ3n) is 1.56. The molecule has 70 valence electrons. The minimum Gasteiger partial charge on any atom is -0.261 e. The highest BCUT2D eigenvalue weighted by molar-refractivity contribution is 5.72. The maximum atomic E-state index is 4.22. The first-order valence-corrected chi connectivity index (χ1v) is 4.55. The Kier molecular flexibility index (Phi) is 3.37. The summed E-state index contributed by atoms with van der Waals surface area (Å²) in [7, 11) is 0. The van der Waals surface area contributed by atoms with Crippen LogP contribution in [0.1, 0.15) is 26.6 Å². The molecule has 0 aliphatic rings. The van der Waals surface area contributed by atoms with Crippen LogP contribution >= 0.6 is 0 Å². The maximum absolute atomic E-state index is 4.22. The van der Waals surface area contributed by atoms with Gasteiger partial charge in [-0.3, -0.25) is 5.10 Å². The molecule has 1 N–H and O–H groups in total. The molecule has 0 saturated heterocycles. The summed E-state index contributed by atoms with van der Waals surface area (Å²) in [5, 5.41) is 7.60. The average Bonchev–Trinajstić information content (AvgIpc) is 2.67. The van der Waals surface area contributed by atoms with Crippen molar-refractivity contribution < 1.29 is 0 Å². The van der Waals surface area contributed by atoms with E-state index in [9.17, 15) is 0 Å². The van der Waals surface area contributed by atoms with Crippen molar-refractivity contribution in [3.8, 4) is 0 Å². The monoisotopic (exact) mass is 178 g/mol. The van der Waals surface area contributed by atoms with E-state index < -0.39 is 0 Å². The van der Waals surface area contributed by atoms with Crippen molar-refractivity contribution >= 4 is 11.0 Å². The zero-order chi connectivity index (χ0) is 9.68. The Morgan fingerprint density at radius 3 is 2.77 bits per heavy atom. The summed E-state index contributed by atoms with van der Waals surface area (Å²) in [6.07, 6.45) is 4.36. The minimum atomic E-state index is 0.817. The molecule has 0 radical (unpaired) electrons. The Hall–Kier alpha value is -1.45. The van der Waals surface area contributed by atoms with E-state index in [1.54, 1.807) is 12.4 Å². The van der Waals surface area contributed by atoms with E-state index in [2.05, 4.69) is 20.2 Å². The Labute approximate surface area is 77.4 Å². The summed E-state index contributed by atoms with van der Waals surface area (Å²) in [5.74, 6) is 0.849. The van der Waals surface area contributed by atoms with Gasteiger partial charge in [-0.05, 0) is 0 Å². The molecule has 0 saturated carbocycles. The van der Waals surface area contributed by atoms with E-state index in [-0.39, 0.29) is 0 Å². The molecular formula is C9H14N4. The first-order chi connectivity index (χ1) is 6.40. The number of nitrogens with zero attached hydrogens (tertiary/aromatic N) is 3. The van der Waals surface area contributed by atoms with Gasteiger partial charge in [0.15, 0.2) is 5.65 Å². The standard InChI is InChI=1S/C7H8N4.C2H6/c1-2-6-8-3-5-4-9-11-7(5)10-6;1-2/h3-4H,2H2,1H3,(H,8,9,10,11);1-2H3. The number of aromatic amines is 1. The Bertz CT molecular complexity index is 366. The van der Waals surface area contributed by atoms with Gasteiger partial charge in [0, 0.05) is 12.6 Å². The fraction of sp³-hybridized carbons (Fsp3) is 0.444. The molecule has 0 atom stereocenters. The average molecular weight is 178 g/mol. The van der Waals surface area contributed by atoms with Crippen molar-refractivity contribution in [2.24, 2.45) is 0 Å². The molecule has 2 rings (SSSR count). The number of aryl methyl sites for hydroxylation is 1. The highest BCUT2D eigenvalue weighted by Gasteiger charge is 1.97. The van der Waals surface area contributed by atoms with Crippen LogP contribution in [0.5, 0.6) is 0 Å². The molecule has 0 amide bonds. The molecule has 4 nitrogen and oxygen atoms in total. The molecule has 0 spiro atoms. The van der Waals surface area contributed by atoms with Crippen LogP contribution in [0.4, 0.5) is 0 Å². The summed E-state index contributed by atoms with van der Waals surface area (Å²) in [5.41, 5.74) is 0.817. The topological polar surface area (TPSA) is 54.5 Å². The van der Waals surface area contributed by atoms with Crippen molar-refractivity contribution in [2.45, 2.75) is 27.2 Å². The Morgan fingerprint density at radius 2 is 2.08 bits per heavy atom. The molecular weight excluding hydrogens is 164 g/mol. The van der Waals surface area contributed by atoms with Crippen LogP contribution < -0.4 is 0 Å². The van der Waals surface area contributed by atoms with Crippen LogP contribution in [0.3, 0.4) is 0 Å². The van der Waals surface area contributed by atoms with Crippen LogP contribution in [0.25, 0.3) is 11.0 Å². The van der Waals surface area contributed by atoms with Crippen molar-refractivity contribution in [3.05, 3.63) is 18.2 Å². The Morgan fingerprint density at radius 1 is 1.31 bits per heavy atom. The molecule has 0 aliphatic heterocycles. The second kappa shape index (κ2) is 4.54. The molecule has 4 heteroatoms. The van der Waals surface area contributed by atoms with Gasteiger partial charge in [-0.15, -0.1) is 0 Å². The number of nitrogens with one attached hydrogen (secondary N) is 1. The molecule has 0 fully saturated rings. The van der Waals surface area contributed by atoms with Gasteiger partial charge in [-0.2, -0.15) is 5.10 Å². The van der Waals surface area contributed by atoms with Crippen LogP contribution in [-0.2, 0) is 6.42 Å². The van der Waals surface area contributed by atoms with E-state index in [0.29, 0.717) is 0 Å². The lowest BCUT2D eigenvalue weighted by Gasteiger charge is -1.91. The number of hydrogen-bond donors (Lipinski definition) is 1. The van der Waals surface area contributed by atoms with E-state index in [4.69, 9.17) is 0 Å². The van der Waals surface area contributed by atoms with Crippen LogP contribution in [0, 0.1) is 0 Å². The quantitative estimate of drug-likeness (QED) is 0.726. The Balaban J connectivity index is 0.000000396. The summed E-state index contributed by atoms with van der Waals surface area (Å²) >= 11 is 0. The lowest BCUT2D eigenvalue weighted by molar-refractivity contribution is 0.950. The van der Waals surface area contributed by atoms with Crippen molar-refractivity contribution in [1.29, 1.82) is 0 Å². The zero-order valence-electron chi connectivity index (χ0n) is 8.20. The molecule has 2 aromatic heterocycles. The molecule has 0 aliphatic carbocycles. The highest BCUT2D eigenvalue weighted by atomic mass is 15.1. The first-order valence-electron chi connectivity index (χ1n) is 4.55. The second-order valence-electron chi connectivity index (χ2n) is 2.31. The molecule has 2 heterocycles. The van der Waals surface area contributed by atoms with Gasteiger partial charge in [0.05, 0.1) is 11.6 Å². The number of fused-ring (bicyclic) bond motifs is 1. The molecule has 0 bridgehead atoms. The highest BCUT2D eigenvalue weighted by Crippen LogP contribution is 2.05. The summed E-state index contributed by atoms with van der Waals surface area (Å²) in [4.78, 5) is 8.35. The normalized spacial score (nSPS) is 9.46.